The van der Waals surface area contributed by atoms with Gasteiger partial charge in [-0.25, -0.2) is 4.98 Å². The van der Waals surface area contributed by atoms with Crippen molar-refractivity contribution < 1.29 is 14.3 Å². The predicted molar refractivity (Wildman–Crippen MR) is 103 cm³/mol. The molecule has 6 heteroatoms. The van der Waals surface area contributed by atoms with Gasteiger partial charge >= 0.3 is 5.97 Å². The fourth-order valence-electron chi connectivity index (χ4n) is 3.75. The average Bonchev–Trinajstić information content (AvgIpc) is 3.08. The summed E-state index contributed by atoms with van der Waals surface area (Å²) in [6.45, 7) is 5.15. The van der Waals surface area contributed by atoms with E-state index in [1.165, 1.54) is 0 Å². The summed E-state index contributed by atoms with van der Waals surface area (Å²) in [4.78, 5) is 19.6. The number of hydrogen-bond acceptors (Lipinski definition) is 5. The second-order valence-electron chi connectivity index (χ2n) is 7.18. The highest BCUT2D eigenvalue weighted by molar-refractivity contribution is 5.77. The normalized spacial score (nSPS) is 20.4. The highest BCUT2D eigenvalue weighted by Crippen LogP contribution is 2.36. The molecule has 0 bridgehead atoms. The standard InChI is InChI=1S/C21H29N3O3/c1-3-26-20(25)21(11-15-27-18-8-5-4-6-9-18)10-7-13-24(17-21)16-19-22-12-14-23(19)2/h4-6,8-9,12,14H,3,7,10-11,13,15-17H2,1-2H3. The van der Waals surface area contributed by atoms with Crippen LogP contribution in [0.15, 0.2) is 42.7 Å². The van der Waals surface area contributed by atoms with Crippen LogP contribution in [0.3, 0.4) is 0 Å². The van der Waals surface area contributed by atoms with Gasteiger partial charge in [-0.15, -0.1) is 0 Å². The highest BCUT2D eigenvalue weighted by atomic mass is 16.5. The molecule has 2 aromatic rings. The minimum Gasteiger partial charge on any atom is -0.494 e. The molecule has 1 saturated heterocycles. The molecule has 1 fully saturated rings. The zero-order valence-corrected chi connectivity index (χ0v) is 16.3. The molecule has 3 rings (SSSR count). The van der Waals surface area contributed by atoms with E-state index in [9.17, 15) is 4.79 Å². The third-order valence-electron chi connectivity index (χ3n) is 5.24. The molecule has 0 saturated carbocycles. The van der Waals surface area contributed by atoms with Gasteiger partial charge in [0.25, 0.3) is 0 Å². The topological polar surface area (TPSA) is 56.6 Å². The Bertz CT molecular complexity index is 731. The number of piperidine rings is 1. The number of esters is 1. The van der Waals surface area contributed by atoms with Crippen LogP contribution in [0, 0.1) is 5.41 Å². The number of carbonyl (C=O) groups excluding carboxylic acids is 1. The zero-order chi connectivity index (χ0) is 19.1. The van der Waals surface area contributed by atoms with Crippen molar-refractivity contribution in [3.63, 3.8) is 0 Å². The lowest BCUT2D eigenvalue weighted by molar-refractivity contribution is -0.160. The maximum absolute atomic E-state index is 12.9. The lowest BCUT2D eigenvalue weighted by atomic mass is 9.77. The molecular weight excluding hydrogens is 342 g/mol. The number of imidazole rings is 1. The van der Waals surface area contributed by atoms with Crippen LogP contribution in [0.5, 0.6) is 5.75 Å². The van der Waals surface area contributed by atoms with Crippen molar-refractivity contribution in [2.75, 3.05) is 26.3 Å². The first-order valence-corrected chi connectivity index (χ1v) is 9.66. The zero-order valence-electron chi connectivity index (χ0n) is 16.3. The Hall–Kier alpha value is -2.34. The van der Waals surface area contributed by atoms with Crippen molar-refractivity contribution in [2.24, 2.45) is 12.5 Å². The van der Waals surface area contributed by atoms with E-state index in [-0.39, 0.29) is 5.97 Å². The molecule has 1 aromatic heterocycles. The second kappa shape index (κ2) is 9.04. The molecule has 0 aliphatic carbocycles. The molecule has 146 valence electrons. The smallest absolute Gasteiger partial charge is 0.313 e. The van der Waals surface area contributed by atoms with Crippen LogP contribution in [0.1, 0.15) is 32.0 Å². The van der Waals surface area contributed by atoms with Gasteiger partial charge in [-0.2, -0.15) is 0 Å². The number of ether oxygens (including phenoxy) is 2. The predicted octanol–water partition coefficient (Wildman–Crippen LogP) is 3.03. The number of likely N-dealkylation sites (tertiary alicyclic amines) is 1. The molecule has 1 aliphatic heterocycles. The maximum atomic E-state index is 12.9. The van der Waals surface area contributed by atoms with Crippen molar-refractivity contribution in [3.05, 3.63) is 48.5 Å². The largest absolute Gasteiger partial charge is 0.494 e. The van der Waals surface area contributed by atoms with E-state index < -0.39 is 5.41 Å². The number of aryl methyl sites for hydroxylation is 1. The van der Waals surface area contributed by atoms with Gasteiger partial charge < -0.3 is 14.0 Å². The molecule has 1 unspecified atom stereocenters. The van der Waals surface area contributed by atoms with E-state index in [0.717, 1.165) is 37.5 Å². The SMILES string of the molecule is CCOC(=O)C1(CCOc2ccccc2)CCCN(Cc2nccn2C)C1. The van der Waals surface area contributed by atoms with Crippen LogP contribution in [0.2, 0.25) is 0 Å². The lowest BCUT2D eigenvalue weighted by Gasteiger charge is -2.40. The summed E-state index contributed by atoms with van der Waals surface area (Å²) in [5.41, 5.74) is -0.520. The van der Waals surface area contributed by atoms with Crippen LogP contribution in [0.25, 0.3) is 0 Å². The molecule has 0 spiro atoms. The molecule has 0 amide bonds. The minimum absolute atomic E-state index is 0.105. The first kappa shape index (κ1) is 19.4. The van der Waals surface area contributed by atoms with Gasteiger partial charge in [0.15, 0.2) is 0 Å². The van der Waals surface area contributed by atoms with E-state index >= 15 is 0 Å². The van der Waals surface area contributed by atoms with E-state index in [0.29, 0.717) is 26.2 Å². The molecule has 0 radical (unpaired) electrons. The summed E-state index contributed by atoms with van der Waals surface area (Å²) in [6, 6.07) is 9.73. The van der Waals surface area contributed by atoms with Crippen molar-refractivity contribution in [2.45, 2.75) is 32.7 Å². The Kier molecular flexibility index (Phi) is 6.50. The van der Waals surface area contributed by atoms with Crippen LogP contribution in [-0.2, 0) is 23.1 Å². The summed E-state index contributed by atoms with van der Waals surface area (Å²) in [7, 11) is 2.00. The van der Waals surface area contributed by atoms with Gasteiger partial charge in [0, 0.05) is 26.0 Å². The number of nitrogens with zero attached hydrogens (tertiary/aromatic N) is 3. The maximum Gasteiger partial charge on any atom is 0.313 e. The van der Waals surface area contributed by atoms with Crippen LogP contribution >= 0.6 is 0 Å². The second-order valence-corrected chi connectivity index (χ2v) is 7.18. The molecule has 1 aliphatic rings. The van der Waals surface area contributed by atoms with Crippen molar-refractivity contribution in [1.29, 1.82) is 0 Å². The quantitative estimate of drug-likeness (QED) is 0.668. The van der Waals surface area contributed by atoms with Crippen molar-refractivity contribution in [3.8, 4) is 5.75 Å². The van der Waals surface area contributed by atoms with Crippen molar-refractivity contribution >= 4 is 5.97 Å². The third-order valence-corrected chi connectivity index (χ3v) is 5.24. The molecule has 6 nitrogen and oxygen atoms in total. The monoisotopic (exact) mass is 371 g/mol. The lowest BCUT2D eigenvalue weighted by Crippen LogP contribution is -2.49. The highest BCUT2D eigenvalue weighted by Gasteiger charge is 2.43. The van der Waals surface area contributed by atoms with E-state index in [2.05, 4.69) is 9.88 Å². The average molecular weight is 371 g/mol. The van der Waals surface area contributed by atoms with Gasteiger partial charge in [0.1, 0.15) is 11.6 Å². The summed E-state index contributed by atoms with van der Waals surface area (Å²) in [6.07, 6.45) is 6.21. The third kappa shape index (κ3) is 4.89. The van der Waals surface area contributed by atoms with Crippen molar-refractivity contribution in [1.82, 2.24) is 14.5 Å². The number of para-hydroxylation sites is 1. The Morgan fingerprint density at radius 1 is 1.30 bits per heavy atom. The first-order valence-electron chi connectivity index (χ1n) is 9.66. The molecule has 2 heterocycles. The molecule has 1 aromatic carbocycles. The number of carbonyl (C=O) groups is 1. The Morgan fingerprint density at radius 3 is 2.81 bits per heavy atom. The molecular formula is C21H29N3O3. The summed E-state index contributed by atoms with van der Waals surface area (Å²) < 4.78 is 13.4. The van der Waals surface area contributed by atoms with Gasteiger partial charge in [-0.05, 0) is 44.9 Å². The number of rotatable bonds is 8. The summed E-state index contributed by atoms with van der Waals surface area (Å²) >= 11 is 0. The van der Waals surface area contributed by atoms with E-state index in [1.54, 1.807) is 0 Å². The van der Waals surface area contributed by atoms with Crippen LogP contribution < -0.4 is 4.74 Å². The van der Waals surface area contributed by atoms with Crippen LogP contribution in [-0.4, -0.2) is 46.7 Å². The summed E-state index contributed by atoms with van der Waals surface area (Å²) in [5, 5.41) is 0. The Balaban J connectivity index is 1.67. The minimum atomic E-state index is -0.520. The first-order chi connectivity index (χ1) is 13.1. The van der Waals surface area contributed by atoms with Gasteiger partial charge in [0.05, 0.1) is 25.2 Å². The van der Waals surface area contributed by atoms with Gasteiger partial charge in [0.2, 0.25) is 0 Å². The van der Waals surface area contributed by atoms with E-state index in [4.69, 9.17) is 9.47 Å². The van der Waals surface area contributed by atoms with Gasteiger partial charge in [-0.1, -0.05) is 18.2 Å². The number of hydrogen-bond donors (Lipinski definition) is 0. The Labute approximate surface area is 161 Å². The van der Waals surface area contributed by atoms with Crippen LogP contribution in [0.4, 0.5) is 0 Å². The number of benzene rings is 1. The fourth-order valence-corrected chi connectivity index (χ4v) is 3.75. The fraction of sp³-hybridized carbons (Fsp3) is 0.524. The molecule has 27 heavy (non-hydrogen) atoms. The Morgan fingerprint density at radius 2 is 2.11 bits per heavy atom. The van der Waals surface area contributed by atoms with E-state index in [1.807, 2.05) is 61.3 Å². The van der Waals surface area contributed by atoms with Gasteiger partial charge in [-0.3, -0.25) is 9.69 Å². The summed E-state index contributed by atoms with van der Waals surface area (Å²) in [5.74, 6) is 1.73. The molecule has 1 atom stereocenters. The molecule has 0 N–H and O–H groups in total. The number of aromatic nitrogens is 2.